The highest BCUT2D eigenvalue weighted by Crippen LogP contribution is 2.35. The third-order valence-corrected chi connectivity index (χ3v) is 6.58. The maximum atomic E-state index is 13.9. The maximum Gasteiger partial charge on any atom is 0.408 e. The van der Waals surface area contributed by atoms with Gasteiger partial charge >= 0.3 is 6.09 Å². The number of hydrogen-bond donors (Lipinski definition) is 3. The fraction of sp³-hybridized carbons (Fsp3) is 0.464. The highest BCUT2D eigenvalue weighted by molar-refractivity contribution is 7.80. The van der Waals surface area contributed by atoms with Gasteiger partial charge in [0, 0.05) is 18.3 Å². The standard InChI is InChI=1S/C28H37N3O4S/c1-19-11-8-9-16-22(19)24(25(32)29-17-20-12-6-5-7-13-20)31(21-14-10-15-21)26(33)23(18-36)30-27(34)35-28(2,3)4/h5-9,11-13,16,21,23-24,36H,10,14-15,17-18H2,1-4H3,(H,29,32)(H,30,34). The summed E-state index contributed by atoms with van der Waals surface area (Å²) in [7, 11) is 0. The van der Waals surface area contributed by atoms with E-state index >= 15 is 0 Å². The van der Waals surface area contributed by atoms with E-state index < -0.39 is 23.8 Å². The van der Waals surface area contributed by atoms with Crippen LogP contribution in [0, 0.1) is 6.92 Å². The zero-order valence-electron chi connectivity index (χ0n) is 21.5. The first-order chi connectivity index (χ1) is 17.1. The lowest BCUT2D eigenvalue weighted by atomic mass is 9.87. The molecule has 3 rings (SSSR count). The number of alkyl carbamates (subject to hydrolysis) is 1. The number of ether oxygens (including phenoxy) is 1. The first kappa shape index (κ1) is 27.6. The van der Waals surface area contributed by atoms with Crippen LogP contribution in [0.15, 0.2) is 54.6 Å². The van der Waals surface area contributed by atoms with Crippen molar-refractivity contribution in [2.75, 3.05) is 5.75 Å². The summed E-state index contributed by atoms with van der Waals surface area (Å²) in [4.78, 5) is 41.8. The monoisotopic (exact) mass is 511 g/mol. The molecule has 2 unspecified atom stereocenters. The molecule has 7 nitrogen and oxygen atoms in total. The second-order valence-electron chi connectivity index (χ2n) is 10.2. The fourth-order valence-electron chi connectivity index (χ4n) is 4.19. The predicted octanol–water partition coefficient (Wildman–Crippen LogP) is 4.56. The van der Waals surface area contributed by atoms with E-state index in [1.54, 1.807) is 25.7 Å². The van der Waals surface area contributed by atoms with Crippen LogP contribution in [0.2, 0.25) is 0 Å². The van der Waals surface area contributed by atoms with Crippen molar-refractivity contribution in [3.8, 4) is 0 Å². The molecule has 0 saturated heterocycles. The Morgan fingerprint density at radius 3 is 2.25 bits per heavy atom. The number of hydrogen-bond acceptors (Lipinski definition) is 5. The molecule has 2 aromatic rings. The van der Waals surface area contributed by atoms with Crippen molar-refractivity contribution in [2.45, 2.75) is 77.2 Å². The molecular formula is C28H37N3O4S. The average molecular weight is 512 g/mol. The molecule has 0 heterocycles. The van der Waals surface area contributed by atoms with E-state index in [9.17, 15) is 14.4 Å². The van der Waals surface area contributed by atoms with Crippen molar-refractivity contribution in [3.05, 3.63) is 71.3 Å². The minimum absolute atomic E-state index is 0.0768. The summed E-state index contributed by atoms with van der Waals surface area (Å²) in [6, 6.07) is 15.4. The minimum Gasteiger partial charge on any atom is -0.444 e. The molecule has 2 aromatic carbocycles. The molecule has 0 spiro atoms. The second-order valence-corrected chi connectivity index (χ2v) is 10.5. The second kappa shape index (κ2) is 12.3. The number of amides is 3. The lowest BCUT2D eigenvalue weighted by Gasteiger charge is -2.43. The first-order valence-corrected chi connectivity index (χ1v) is 13.0. The van der Waals surface area contributed by atoms with Crippen LogP contribution in [0.3, 0.4) is 0 Å². The van der Waals surface area contributed by atoms with E-state index in [0.29, 0.717) is 6.54 Å². The third kappa shape index (κ3) is 7.26. The molecule has 0 bridgehead atoms. The summed E-state index contributed by atoms with van der Waals surface area (Å²) >= 11 is 4.35. The van der Waals surface area contributed by atoms with Gasteiger partial charge in [0.2, 0.25) is 11.8 Å². The molecule has 0 aromatic heterocycles. The molecule has 2 N–H and O–H groups in total. The van der Waals surface area contributed by atoms with Gasteiger partial charge in [0.15, 0.2) is 0 Å². The number of benzene rings is 2. The number of rotatable bonds is 9. The van der Waals surface area contributed by atoms with Crippen molar-refractivity contribution in [3.63, 3.8) is 0 Å². The topological polar surface area (TPSA) is 87.7 Å². The normalized spacial score (nSPS) is 15.2. The Morgan fingerprint density at radius 1 is 1.06 bits per heavy atom. The molecule has 36 heavy (non-hydrogen) atoms. The Labute approximate surface area is 219 Å². The molecule has 0 radical (unpaired) electrons. The Kier molecular flexibility index (Phi) is 9.43. The van der Waals surface area contributed by atoms with Gasteiger partial charge in [-0.1, -0.05) is 54.6 Å². The summed E-state index contributed by atoms with van der Waals surface area (Å²) in [6.07, 6.45) is 1.88. The van der Waals surface area contributed by atoms with Gasteiger partial charge in [-0.05, 0) is 63.6 Å². The van der Waals surface area contributed by atoms with Gasteiger partial charge in [0.05, 0.1) is 0 Å². The van der Waals surface area contributed by atoms with Crippen LogP contribution in [-0.4, -0.2) is 46.2 Å². The smallest absolute Gasteiger partial charge is 0.408 e. The lowest BCUT2D eigenvalue weighted by molar-refractivity contribution is -0.147. The van der Waals surface area contributed by atoms with Crippen molar-refractivity contribution in [1.82, 2.24) is 15.5 Å². The zero-order chi connectivity index (χ0) is 26.3. The quantitative estimate of drug-likeness (QED) is 0.431. The van der Waals surface area contributed by atoms with Gasteiger partial charge in [0.1, 0.15) is 17.7 Å². The molecule has 3 amide bonds. The minimum atomic E-state index is -0.933. The molecule has 1 fully saturated rings. The SMILES string of the molecule is Cc1ccccc1C(C(=O)NCc1ccccc1)N(C(=O)C(CS)NC(=O)OC(C)(C)C)C1CCC1. The Morgan fingerprint density at radius 2 is 1.69 bits per heavy atom. The predicted molar refractivity (Wildman–Crippen MR) is 144 cm³/mol. The molecule has 8 heteroatoms. The third-order valence-electron chi connectivity index (χ3n) is 6.21. The van der Waals surface area contributed by atoms with Crippen LogP contribution >= 0.6 is 12.6 Å². The lowest BCUT2D eigenvalue weighted by Crippen LogP contribution is -2.58. The van der Waals surface area contributed by atoms with Crippen LogP contribution < -0.4 is 10.6 Å². The van der Waals surface area contributed by atoms with Gasteiger partial charge in [0.25, 0.3) is 0 Å². The molecular weight excluding hydrogens is 474 g/mol. The van der Waals surface area contributed by atoms with Gasteiger partial charge in [-0.3, -0.25) is 9.59 Å². The fourth-order valence-corrected chi connectivity index (χ4v) is 4.44. The summed E-state index contributed by atoms with van der Waals surface area (Å²) < 4.78 is 5.37. The van der Waals surface area contributed by atoms with Gasteiger partial charge in [-0.2, -0.15) is 12.6 Å². The zero-order valence-corrected chi connectivity index (χ0v) is 22.4. The number of thiol groups is 1. The number of carbonyl (C=O) groups excluding carboxylic acids is 3. The molecule has 0 aliphatic heterocycles. The van der Waals surface area contributed by atoms with Crippen LogP contribution in [0.5, 0.6) is 0 Å². The molecule has 2 atom stereocenters. The van der Waals surface area contributed by atoms with Crippen molar-refractivity contribution >= 4 is 30.5 Å². The van der Waals surface area contributed by atoms with E-state index in [1.165, 1.54) is 0 Å². The Hall–Kier alpha value is -3.00. The summed E-state index contributed by atoms with van der Waals surface area (Å²) in [6.45, 7) is 7.56. The summed E-state index contributed by atoms with van der Waals surface area (Å²) in [5.41, 5.74) is 1.94. The van der Waals surface area contributed by atoms with Gasteiger partial charge in [-0.25, -0.2) is 4.79 Å². The van der Waals surface area contributed by atoms with Gasteiger partial charge < -0.3 is 20.3 Å². The molecule has 1 saturated carbocycles. The van der Waals surface area contributed by atoms with Crippen LogP contribution in [0.25, 0.3) is 0 Å². The van der Waals surface area contributed by atoms with Crippen molar-refractivity contribution in [1.29, 1.82) is 0 Å². The first-order valence-electron chi connectivity index (χ1n) is 12.4. The highest BCUT2D eigenvalue weighted by atomic mass is 32.1. The average Bonchev–Trinajstić information content (AvgIpc) is 2.79. The Bertz CT molecular complexity index is 1050. The van der Waals surface area contributed by atoms with Crippen LogP contribution in [0.4, 0.5) is 4.79 Å². The molecule has 1 aliphatic rings. The number of nitrogens with zero attached hydrogens (tertiary/aromatic N) is 1. The van der Waals surface area contributed by atoms with E-state index in [4.69, 9.17) is 4.74 Å². The number of carbonyl (C=O) groups is 3. The van der Waals surface area contributed by atoms with E-state index in [-0.39, 0.29) is 23.6 Å². The number of nitrogens with one attached hydrogen (secondary N) is 2. The van der Waals surface area contributed by atoms with Crippen LogP contribution in [0.1, 0.15) is 62.8 Å². The number of aryl methyl sites for hydroxylation is 1. The van der Waals surface area contributed by atoms with Gasteiger partial charge in [-0.15, -0.1) is 0 Å². The summed E-state index contributed by atoms with van der Waals surface area (Å²) in [5.74, 6) is -0.528. The van der Waals surface area contributed by atoms with E-state index in [1.807, 2.05) is 61.5 Å². The van der Waals surface area contributed by atoms with Crippen molar-refractivity contribution < 1.29 is 19.1 Å². The maximum absolute atomic E-state index is 13.9. The Balaban J connectivity index is 1.92. The largest absolute Gasteiger partial charge is 0.444 e. The van der Waals surface area contributed by atoms with E-state index in [0.717, 1.165) is 36.0 Å². The van der Waals surface area contributed by atoms with E-state index in [2.05, 4.69) is 23.3 Å². The molecule has 1 aliphatic carbocycles. The molecule has 194 valence electrons. The van der Waals surface area contributed by atoms with Crippen LogP contribution in [-0.2, 0) is 20.9 Å². The van der Waals surface area contributed by atoms with Crippen molar-refractivity contribution in [2.24, 2.45) is 0 Å². The summed E-state index contributed by atoms with van der Waals surface area (Å²) in [5, 5.41) is 5.69. The highest BCUT2D eigenvalue weighted by Gasteiger charge is 2.42.